The molecule has 1 atom stereocenters. The Balaban J connectivity index is 1.58. The van der Waals surface area contributed by atoms with Gasteiger partial charge in [0.05, 0.1) is 12.6 Å². The van der Waals surface area contributed by atoms with Crippen LogP contribution in [-0.4, -0.2) is 24.7 Å². The molecule has 1 N–H and O–H groups in total. The maximum absolute atomic E-state index is 5.79. The highest BCUT2D eigenvalue weighted by Gasteiger charge is 2.23. The quantitative estimate of drug-likeness (QED) is 0.886. The minimum Gasteiger partial charge on any atom is -0.493 e. The molecule has 4 nitrogen and oxygen atoms in total. The number of nitrogens with one attached hydrogen (secondary N) is 1. The van der Waals surface area contributed by atoms with Crippen molar-refractivity contribution in [2.24, 2.45) is 0 Å². The van der Waals surface area contributed by atoms with Crippen molar-refractivity contribution in [3.63, 3.8) is 0 Å². The van der Waals surface area contributed by atoms with E-state index in [1.807, 2.05) is 30.3 Å². The van der Waals surface area contributed by atoms with Crippen LogP contribution < -0.4 is 14.8 Å². The summed E-state index contributed by atoms with van der Waals surface area (Å²) in [5, 5.41) is 3.41. The van der Waals surface area contributed by atoms with Gasteiger partial charge in [-0.3, -0.25) is 4.98 Å². The summed E-state index contributed by atoms with van der Waals surface area (Å²) in [4.78, 5) is 4.29. The highest BCUT2D eigenvalue weighted by Crippen LogP contribution is 2.35. The summed E-state index contributed by atoms with van der Waals surface area (Å²) >= 11 is 0. The highest BCUT2D eigenvalue weighted by atomic mass is 16.5. The largest absolute Gasteiger partial charge is 0.493 e. The first-order valence-electron chi connectivity index (χ1n) is 7.39. The predicted molar refractivity (Wildman–Crippen MR) is 81.8 cm³/mol. The molecule has 0 amide bonds. The summed E-state index contributed by atoms with van der Waals surface area (Å²) in [6.07, 6.45) is 2.61. The molecule has 1 unspecified atom stereocenters. The molecule has 0 spiro atoms. The van der Waals surface area contributed by atoms with Crippen LogP contribution in [0.1, 0.15) is 24.2 Å². The third-order valence-corrected chi connectivity index (χ3v) is 3.57. The maximum Gasteiger partial charge on any atom is 0.127 e. The third-order valence-electron chi connectivity index (χ3n) is 3.57. The Bertz CT molecular complexity index is 587. The molecule has 1 aromatic carbocycles. The van der Waals surface area contributed by atoms with Crippen LogP contribution in [0, 0.1) is 0 Å². The van der Waals surface area contributed by atoms with Gasteiger partial charge in [-0.2, -0.15) is 0 Å². The van der Waals surface area contributed by atoms with E-state index in [1.165, 1.54) is 5.56 Å². The highest BCUT2D eigenvalue weighted by molar-refractivity contribution is 5.45. The van der Waals surface area contributed by atoms with Gasteiger partial charge in [-0.05, 0) is 30.8 Å². The number of pyridine rings is 1. The second kappa shape index (κ2) is 6.59. The van der Waals surface area contributed by atoms with E-state index in [4.69, 9.17) is 9.47 Å². The Hall–Kier alpha value is -2.07. The average molecular weight is 284 g/mol. The molecule has 1 aliphatic heterocycles. The lowest BCUT2D eigenvalue weighted by atomic mass is 10.1. The van der Waals surface area contributed by atoms with Gasteiger partial charge < -0.3 is 14.8 Å². The monoisotopic (exact) mass is 284 g/mol. The van der Waals surface area contributed by atoms with Gasteiger partial charge in [0.1, 0.15) is 18.1 Å². The number of aromatic nitrogens is 1. The molecule has 3 rings (SSSR count). The second-order valence-corrected chi connectivity index (χ2v) is 5.04. The Kier molecular flexibility index (Phi) is 4.36. The van der Waals surface area contributed by atoms with Crippen molar-refractivity contribution in [3.8, 4) is 11.5 Å². The number of likely N-dealkylation sites (N-methyl/N-ethyl adjacent to an activating group) is 1. The zero-order valence-corrected chi connectivity index (χ0v) is 12.2. The van der Waals surface area contributed by atoms with Gasteiger partial charge in [-0.25, -0.2) is 0 Å². The van der Waals surface area contributed by atoms with Crippen LogP contribution in [0.5, 0.6) is 11.5 Å². The lowest BCUT2D eigenvalue weighted by molar-refractivity contribution is 0.305. The molecule has 1 aliphatic rings. The minimum atomic E-state index is 0.299. The standard InChI is InChI=1S/C17H20N2O2/c1-2-18-16-12-21-17-11-14(6-7-15(16)17)20-10-8-13-5-3-4-9-19-13/h3-7,9,11,16,18H,2,8,10,12H2,1H3. The van der Waals surface area contributed by atoms with Gasteiger partial charge in [0.15, 0.2) is 0 Å². The molecular weight excluding hydrogens is 264 g/mol. The molecule has 2 aromatic rings. The molecule has 21 heavy (non-hydrogen) atoms. The Labute approximate surface area is 125 Å². The SMILES string of the molecule is CCNC1COc2cc(OCCc3ccccn3)ccc21. The van der Waals surface area contributed by atoms with Gasteiger partial charge in [0.2, 0.25) is 0 Å². The van der Waals surface area contributed by atoms with Crippen molar-refractivity contribution < 1.29 is 9.47 Å². The van der Waals surface area contributed by atoms with Crippen LogP contribution in [0.15, 0.2) is 42.6 Å². The maximum atomic E-state index is 5.79. The van der Waals surface area contributed by atoms with Crippen molar-refractivity contribution in [3.05, 3.63) is 53.9 Å². The summed E-state index contributed by atoms with van der Waals surface area (Å²) in [5.41, 5.74) is 2.26. The average Bonchev–Trinajstić information content (AvgIpc) is 2.91. The summed E-state index contributed by atoms with van der Waals surface area (Å²) in [6.45, 7) is 4.36. The molecular formula is C17H20N2O2. The van der Waals surface area contributed by atoms with E-state index in [2.05, 4.69) is 23.3 Å². The molecule has 0 fully saturated rings. The van der Waals surface area contributed by atoms with Crippen molar-refractivity contribution in [2.75, 3.05) is 19.8 Å². The molecule has 0 saturated carbocycles. The molecule has 2 heterocycles. The molecule has 1 aromatic heterocycles. The predicted octanol–water partition coefficient (Wildman–Crippen LogP) is 2.75. The van der Waals surface area contributed by atoms with E-state index in [9.17, 15) is 0 Å². The first-order valence-corrected chi connectivity index (χ1v) is 7.39. The Morgan fingerprint density at radius 3 is 3.10 bits per heavy atom. The van der Waals surface area contributed by atoms with Crippen molar-refractivity contribution in [1.29, 1.82) is 0 Å². The van der Waals surface area contributed by atoms with Crippen LogP contribution in [0.25, 0.3) is 0 Å². The van der Waals surface area contributed by atoms with Crippen molar-refractivity contribution in [2.45, 2.75) is 19.4 Å². The number of benzene rings is 1. The van der Waals surface area contributed by atoms with Crippen molar-refractivity contribution >= 4 is 0 Å². The lowest BCUT2D eigenvalue weighted by Gasteiger charge is -2.10. The van der Waals surface area contributed by atoms with Gasteiger partial charge in [-0.15, -0.1) is 0 Å². The molecule has 0 radical (unpaired) electrons. The van der Waals surface area contributed by atoms with E-state index in [0.717, 1.165) is 30.2 Å². The van der Waals surface area contributed by atoms with Gasteiger partial charge in [0.25, 0.3) is 0 Å². The fraction of sp³-hybridized carbons (Fsp3) is 0.353. The topological polar surface area (TPSA) is 43.4 Å². The summed E-state index contributed by atoms with van der Waals surface area (Å²) in [7, 11) is 0. The summed E-state index contributed by atoms with van der Waals surface area (Å²) in [5.74, 6) is 1.78. The van der Waals surface area contributed by atoms with E-state index in [1.54, 1.807) is 6.20 Å². The number of fused-ring (bicyclic) bond motifs is 1. The number of rotatable bonds is 6. The fourth-order valence-corrected chi connectivity index (χ4v) is 2.51. The third kappa shape index (κ3) is 3.34. The summed E-state index contributed by atoms with van der Waals surface area (Å²) < 4.78 is 11.5. The van der Waals surface area contributed by atoms with Gasteiger partial charge in [-0.1, -0.05) is 13.0 Å². The molecule has 4 heteroatoms. The van der Waals surface area contributed by atoms with Crippen LogP contribution >= 0.6 is 0 Å². The molecule has 0 aliphatic carbocycles. The number of ether oxygens (including phenoxy) is 2. The zero-order chi connectivity index (χ0) is 14.5. The minimum absolute atomic E-state index is 0.299. The van der Waals surface area contributed by atoms with Crippen LogP contribution in [0.4, 0.5) is 0 Å². The molecule has 0 bridgehead atoms. The Morgan fingerprint density at radius 1 is 1.33 bits per heavy atom. The van der Waals surface area contributed by atoms with Crippen LogP contribution in [0.2, 0.25) is 0 Å². The van der Waals surface area contributed by atoms with Gasteiger partial charge in [0, 0.05) is 29.9 Å². The zero-order valence-electron chi connectivity index (χ0n) is 12.2. The van der Waals surface area contributed by atoms with E-state index in [0.29, 0.717) is 19.3 Å². The van der Waals surface area contributed by atoms with Crippen LogP contribution in [-0.2, 0) is 6.42 Å². The smallest absolute Gasteiger partial charge is 0.127 e. The van der Waals surface area contributed by atoms with E-state index < -0.39 is 0 Å². The van der Waals surface area contributed by atoms with Gasteiger partial charge >= 0.3 is 0 Å². The van der Waals surface area contributed by atoms with E-state index in [-0.39, 0.29) is 0 Å². The van der Waals surface area contributed by atoms with Crippen LogP contribution in [0.3, 0.4) is 0 Å². The fourth-order valence-electron chi connectivity index (χ4n) is 2.51. The Morgan fingerprint density at radius 2 is 2.29 bits per heavy atom. The lowest BCUT2D eigenvalue weighted by Crippen LogP contribution is -2.21. The number of hydrogen-bond donors (Lipinski definition) is 1. The van der Waals surface area contributed by atoms with E-state index >= 15 is 0 Å². The molecule has 0 saturated heterocycles. The number of nitrogens with zero attached hydrogens (tertiary/aromatic N) is 1. The normalized spacial score (nSPS) is 16.3. The summed E-state index contributed by atoms with van der Waals surface area (Å²) in [6, 6.07) is 12.3. The second-order valence-electron chi connectivity index (χ2n) is 5.04. The first kappa shape index (κ1) is 13.9. The number of hydrogen-bond acceptors (Lipinski definition) is 4. The first-order chi connectivity index (χ1) is 10.4. The molecule has 110 valence electrons. The van der Waals surface area contributed by atoms with Crippen molar-refractivity contribution in [1.82, 2.24) is 10.3 Å².